The second kappa shape index (κ2) is 8.39. The summed E-state index contributed by atoms with van der Waals surface area (Å²) in [6.45, 7) is 4.31. The van der Waals surface area contributed by atoms with E-state index in [1.165, 1.54) is 29.5 Å². The summed E-state index contributed by atoms with van der Waals surface area (Å²) < 4.78 is 13.3. The van der Waals surface area contributed by atoms with Crippen LogP contribution in [-0.2, 0) is 16.1 Å². The lowest BCUT2D eigenvalue weighted by molar-refractivity contribution is -0.130. The van der Waals surface area contributed by atoms with E-state index in [4.69, 9.17) is 15.2 Å². The molecular formula is C17H24N6O7. The molecule has 0 radical (unpaired) electrons. The minimum Gasteiger partial charge on any atom is -0.454 e. The van der Waals surface area contributed by atoms with Crippen molar-refractivity contribution in [1.82, 2.24) is 24.0 Å². The van der Waals surface area contributed by atoms with E-state index >= 15 is 0 Å². The van der Waals surface area contributed by atoms with E-state index < -0.39 is 36.8 Å². The number of allylic oxidation sites excluding steroid dienone is 1. The lowest BCUT2D eigenvalue weighted by atomic mass is 10.1. The van der Waals surface area contributed by atoms with Gasteiger partial charge in [0.2, 0.25) is 17.7 Å². The number of hydrogen-bond acceptors (Lipinski definition) is 10. The number of anilines is 1. The van der Waals surface area contributed by atoms with Gasteiger partial charge in [-0.3, -0.25) is 9.36 Å². The third-order valence-corrected chi connectivity index (χ3v) is 4.80. The van der Waals surface area contributed by atoms with Crippen LogP contribution in [0, 0.1) is 0 Å². The molecule has 5 N–H and O–H groups in total. The van der Waals surface area contributed by atoms with E-state index in [9.17, 15) is 24.9 Å². The molecule has 4 atom stereocenters. The number of imidazole rings is 1. The van der Waals surface area contributed by atoms with Crippen molar-refractivity contribution in [3.63, 3.8) is 0 Å². The van der Waals surface area contributed by atoms with Crippen LogP contribution in [-0.4, -0.2) is 83.9 Å². The predicted molar refractivity (Wildman–Crippen MR) is 103 cm³/mol. The maximum Gasteiger partial charge on any atom is 0.333 e. The quantitative estimate of drug-likeness (QED) is 0.281. The van der Waals surface area contributed by atoms with E-state index in [0.29, 0.717) is 0 Å². The van der Waals surface area contributed by atoms with Gasteiger partial charge in [0.25, 0.3) is 0 Å². The van der Waals surface area contributed by atoms with Gasteiger partial charge in [0.1, 0.15) is 18.3 Å². The van der Waals surface area contributed by atoms with Crippen molar-refractivity contribution in [3.05, 3.63) is 23.1 Å². The second-order valence-corrected chi connectivity index (χ2v) is 6.83. The molecule has 2 aromatic heterocycles. The number of nitrogen functional groups attached to an aromatic ring is 1. The molecule has 3 rings (SSSR count). The molecule has 0 unspecified atom stereocenters. The zero-order valence-corrected chi connectivity index (χ0v) is 16.5. The topological polar surface area (TPSA) is 178 Å². The molecule has 164 valence electrons. The van der Waals surface area contributed by atoms with Gasteiger partial charge < -0.3 is 35.4 Å². The Bertz CT molecular complexity index is 1020. The Kier molecular flexibility index (Phi) is 6.07. The molecule has 0 aliphatic carbocycles. The van der Waals surface area contributed by atoms with Crippen molar-refractivity contribution >= 4 is 23.0 Å². The highest BCUT2D eigenvalue weighted by Gasteiger charge is 2.45. The molecule has 13 nitrogen and oxygen atoms in total. The number of nitrogens with two attached hydrogens (primary N) is 1. The van der Waals surface area contributed by atoms with E-state index in [1.807, 2.05) is 0 Å². The lowest BCUT2D eigenvalue weighted by Gasteiger charge is -2.17. The van der Waals surface area contributed by atoms with Gasteiger partial charge in [-0.25, -0.2) is 9.36 Å². The van der Waals surface area contributed by atoms with Crippen molar-refractivity contribution in [3.8, 4) is 5.88 Å². The number of fused-ring (bicyclic) bond motifs is 1. The van der Waals surface area contributed by atoms with Crippen LogP contribution in [0.25, 0.3) is 11.2 Å². The van der Waals surface area contributed by atoms with Crippen LogP contribution in [0.2, 0.25) is 0 Å². The number of carbonyl (C=O) groups excluding carboxylic acids is 1. The zero-order chi connectivity index (χ0) is 22.2. The number of rotatable bonds is 7. The minimum atomic E-state index is -1.51. The van der Waals surface area contributed by atoms with Crippen molar-refractivity contribution in [2.75, 3.05) is 26.1 Å². The normalized spacial score (nSPS) is 23.6. The number of aromatic nitrogens is 4. The molecule has 1 saturated heterocycles. The number of hydrogen-bond donors (Lipinski definition) is 4. The standard InChI is InChI=1S/C17H24N6O7/c1-4-5-22-10-13(19-16(18)20-14(10)29-7-21(3)8(2)25)23(17(22)28)15-12(27)11(26)9(6-24)30-15/h4,9,11-12,15,24,26-27H,1,5-7H2,2-3H3,(H2,18,19,20)/t9-,11-,12-,15-/m1/s1. The molecule has 2 aromatic rings. The van der Waals surface area contributed by atoms with Gasteiger partial charge in [-0.05, 0) is 0 Å². The summed E-state index contributed by atoms with van der Waals surface area (Å²) in [5.41, 5.74) is 5.27. The van der Waals surface area contributed by atoms with Crippen LogP contribution in [0.4, 0.5) is 5.95 Å². The molecule has 1 aliphatic heterocycles. The van der Waals surface area contributed by atoms with E-state index in [-0.39, 0.29) is 42.2 Å². The van der Waals surface area contributed by atoms with Crippen LogP contribution in [0.15, 0.2) is 17.4 Å². The molecule has 0 bridgehead atoms. The SMILES string of the molecule is C=CCn1c(=O)n([C@@H]2O[C@H](CO)[C@@H](O)[C@H]2O)c2nc(N)nc(OCN(C)C(C)=O)c21. The first-order valence-corrected chi connectivity index (χ1v) is 9.07. The highest BCUT2D eigenvalue weighted by Crippen LogP contribution is 2.32. The first kappa shape index (κ1) is 21.7. The number of carbonyl (C=O) groups is 1. The molecule has 1 fully saturated rings. The maximum absolute atomic E-state index is 13.1. The summed E-state index contributed by atoms with van der Waals surface area (Å²) in [6.07, 6.45) is -3.88. The van der Waals surface area contributed by atoms with Crippen molar-refractivity contribution in [2.45, 2.75) is 38.0 Å². The van der Waals surface area contributed by atoms with Crippen LogP contribution in [0.3, 0.4) is 0 Å². The summed E-state index contributed by atoms with van der Waals surface area (Å²) in [5, 5.41) is 29.8. The van der Waals surface area contributed by atoms with Crippen molar-refractivity contribution in [1.29, 1.82) is 0 Å². The summed E-state index contributed by atoms with van der Waals surface area (Å²) in [5.74, 6) is -0.532. The van der Waals surface area contributed by atoms with E-state index in [1.54, 1.807) is 0 Å². The zero-order valence-electron chi connectivity index (χ0n) is 16.5. The highest BCUT2D eigenvalue weighted by atomic mass is 16.6. The van der Waals surface area contributed by atoms with Gasteiger partial charge in [0.15, 0.2) is 24.1 Å². The molecule has 0 aromatic carbocycles. The van der Waals surface area contributed by atoms with Gasteiger partial charge in [-0.1, -0.05) is 6.08 Å². The van der Waals surface area contributed by atoms with Crippen LogP contribution in [0.1, 0.15) is 13.2 Å². The number of aliphatic hydroxyl groups is 3. The Hall–Kier alpha value is -3.00. The Balaban J connectivity index is 2.18. The average Bonchev–Trinajstić information content (AvgIpc) is 3.13. The maximum atomic E-state index is 13.1. The summed E-state index contributed by atoms with van der Waals surface area (Å²) in [7, 11) is 1.52. The Morgan fingerprint density at radius 3 is 2.67 bits per heavy atom. The molecule has 13 heteroatoms. The Morgan fingerprint density at radius 1 is 1.40 bits per heavy atom. The van der Waals surface area contributed by atoms with Crippen LogP contribution < -0.4 is 16.2 Å². The fourth-order valence-corrected chi connectivity index (χ4v) is 3.13. The number of amides is 1. The smallest absolute Gasteiger partial charge is 0.333 e. The number of ether oxygens (including phenoxy) is 2. The molecule has 0 spiro atoms. The highest BCUT2D eigenvalue weighted by molar-refractivity contribution is 5.79. The molecule has 30 heavy (non-hydrogen) atoms. The molecule has 1 amide bonds. The molecule has 1 aliphatic rings. The second-order valence-electron chi connectivity index (χ2n) is 6.83. The van der Waals surface area contributed by atoms with Crippen LogP contribution in [0.5, 0.6) is 5.88 Å². The Labute approximate surface area is 170 Å². The van der Waals surface area contributed by atoms with Gasteiger partial charge in [0.05, 0.1) is 6.61 Å². The van der Waals surface area contributed by atoms with Gasteiger partial charge in [-0.15, -0.1) is 6.58 Å². The van der Waals surface area contributed by atoms with Gasteiger partial charge in [0, 0.05) is 20.5 Å². The fraction of sp³-hybridized carbons (Fsp3) is 0.529. The van der Waals surface area contributed by atoms with Gasteiger partial charge in [-0.2, -0.15) is 9.97 Å². The van der Waals surface area contributed by atoms with Gasteiger partial charge >= 0.3 is 5.69 Å². The third kappa shape index (κ3) is 3.63. The van der Waals surface area contributed by atoms with E-state index in [0.717, 1.165) is 4.57 Å². The molecular weight excluding hydrogens is 400 g/mol. The third-order valence-electron chi connectivity index (χ3n) is 4.80. The first-order chi connectivity index (χ1) is 14.2. The van der Waals surface area contributed by atoms with Crippen LogP contribution >= 0.6 is 0 Å². The monoisotopic (exact) mass is 424 g/mol. The molecule has 3 heterocycles. The largest absolute Gasteiger partial charge is 0.454 e. The summed E-state index contributed by atoms with van der Waals surface area (Å²) in [4.78, 5) is 34.0. The molecule has 0 saturated carbocycles. The summed E-state index contributed by atoms with van der Waals surface area (Å²) >= 11 is 0. The predicted octanol–water partition coefficient (Wildman–Crippen LogP) is -2.21. The summed E-state index contributed by atoms with van der Waals surface area (Å²) in [6, 6.07) is 0. The number of aliphatic hydroxyl groups excluding tert-OH is 3. The first-order valence-electron chi connectivity index (χ1n) is 9.07. The Morgan fingerprint density at radius 2 is 2.10 bits per heavy atom. The number of nitrogens with zero attached hydrogens (tertiary/aromatic N) is 5. The average molecular weight is 424 g/mol. The van der Waals surface area contributed by atoms with Crippen molar-refractivity contribution < 1.29 is 29.6 Å². The van der Waals surface area contributed by atoms with E-state index in [2.05, 4.69) is 16.5 Å². The minimum absolute atomic E-state index is 0.00957. The van der Waals surface area contributed by atoms with Crippen molar-refractivity contribution in [2.24, 2.45) is 0 Å². The fourth-order valence-electron chi connectivity index (χ4n) is 3.13. The lowest BCUT2D eigenvalue weighted by Crippen LogP contribution is -2.36.